The summed E-state index contributed by atoms with van der Waals surface area (Å²) in [6.45, 7) is 5.43. The zero-order chi connectivity index (χ0) is 26.5. The highest BCUT2D eigenvalue weighted by Crippen LogP contribution is 2.23. The number of aryl methyl sites for hydroxylation is 1. The lowest BCUT2D eigenvalue weighted by Crippen LogP contribution is -2.42. The Balaban J connectivity index is 1.36. The number of hydrogen-bond donors (Lipinski definition) is 3. The first-order valence-electron chi connectivity index (χ1n) is 11.8. The van der Waals surface area contributed by atoms with E-state index in [-0.39, 0.29) is 17.0 Å². The standard InChI is InChI=1S/C27H30N4O5S/c1-27(2,13-14-31-18-28-24-12-11-22(36-19-32)16-25(24)31)29-17-26(33)20-7-6-8-21(15-20)30-37(34,35)23-9-4-3-5-10-23/h3-12,15-16,18-19,26,29-30,33H,13-14,17H2,1-2H3/t26-/m0/s1. The van der Waals surface area contributed by atoms with Gasteiger partial charge < -0.3 is 19.7 Å². The molecule has 10 heteroatoms. The number of nitrogens with zero attached hydrogens (tertiary/aromatic N) is 2. The predicted octanol–water partition coefficient (Wildman–Crippen LogP) is 3.86. The van der Waals surface area contributed by atoms with Crippen LogP contribution in [0.3, 0.4) is 0 Å². The number of fused-ring (bicyclic) bond motifs is 1. The average molecular weight is 523 g/mol. The highest BCUT2D eigenvalue weighted by molar-refractivity contribution is 7.92. The summed E-state index contributed by atoms with van der Waals surface area (Å²) in [7, 11) is -3.72. The molecule has 0 aliphatic rings. The quantitative estimate of drug-likeness (QED) is 0.242. The van der Waals surface area contributed by atoms with Crippen molar-refractivity contribution in [2.75, 3.05) is 11.3 Å². The number of aliphatic hydroxyl groups excluding tert-OH is 1. The maximum absolute atomic E-state index is 12.6. The molecule has 0 aliphatic heterocycles. The van der Waals surface area contributed by atoms with E-state index in [0.29, 0.717) is 30.0 Å². The summed E-state index contributed by atoms with van der Waals surface area (Å²) >= 11 is 0. The highest BCUT2D eigenvalue weighted by atomic mass is 32.2. The Morgan fingerprint density at radius 2 is 1.86 bits per heavy atom. The molecular formula is C27H30N4O5S. The fourth-order valence-corrected chi connectivity index (χ4v) is 5.02. The van der Waals surface area contributed by atoms with Crippen LogP contribution in [0.2, 0.25) is 0 Å². The maximum Gasteiger partial charge on any atom is 0.298 e. The van der Waals surface area contributed by atoms with Gasteiger partial charge in [0.05, 0.1) is 28.4 Å². The second-order valence-electron chi connectivity index (χ2n) is 9.38. The molecule has 4 aromatic rings. The summed E-state index contributed by atoms with van der Waals surface area (Å²) in [5.74, 6) is 0.457. The van der Waals surface area contributed by atoms with E-state index in [1.54, 1.807) is 67.0 Å². The minimum absolute atomic E-state index is 0.169. The van der Waals surface area contributed by atoms with Crippen molar-refractivity contribution in [3.8, 4) is 5.75 Å². The Bertz CT molecular complexity index is 1470. The summed E-state index contributed by atoms with van der Waals surface area (Å²) in [6, 6.07) is 20.2. The van der Waals surface area contributed by atoms with E-state index in [4.69, 9.17) is 4.74 Å². The Labute approximate surface area is 216 Å². The van der Waals surface area contributed by atoms with E-state index in [0.717, 1.165) is 17.5 Å². The van der Waals surface area contributed by atoms with E-state index in [2.05, 4.69) is 15.0 Å². The molecule has 0 unspecified atom stereocenters. The number of rotatable bonds is 12. The third-order valence-corrected chi connectivity index (χ3v) is 7.50. The van der Waals surface area contributed by atoms with Crippen LogP contribution in [0, 0.1) is 0 Å². The number of imidazole rings is 1. The lowest BCUT2D eigenvalue weighted by Gasteiger charge is -2.28. The van der Waals surface area contributed by atoms with Gasteiger partial charge in [0.2, 0.25) is 0 Å². The van der Waals surface area contributed by atoms with E-state index < -0.39 is 16.1 Å². The second kappa shape index (κ2) is 11.1. The topological polar surface area (TPSA) is 123 Å². The number of carbonyl (C=O) groups is 1. The number of nitrogens with one attached hydrogen (secondary N) is 2. The summed E-state index contributed by atoms with van der Waals surface area (Å²) in [5, 5.41) is 14.2. The van der Waals surface area contributed by atoms with Gasteiger partial charge in [-0.05, 0) is 62.2 Å². The zero-order valence-corrected chi connectivity index (χ0v) is 21.5. The molecule has 0 radical (unpaired) electrons. The summed E-state index contributed by atoms with van der Waals surface area (Å²) in [6.07, 6.45) is 1.65. The van der Waals surface area contributed by atoms with Crippen molar-refractivity contribution in [1.29, 1.82) is 0 Å². The molecule has 4 rings (SSSR count). The van der Waals surface area contributed by atoms with Gasteiger partial charge in [0.1, 0.15) is 5.75 Å². The first-order chi connectivity index (χ1) is 17.7. The number of hydrogen-bond acceptors (Lipinski definition) is 7. The number of benzene rings is 3. The molecule has 1 aromatic heterocycles. The molecule has 3 N–H and O–H groups in total. The first-order valence-corrected chi connectivity index (χ1v) is 13.3. The monoisotopic (exact) mass is 522 g/mol. The van der Waals surface area contributed by atoms with Crippen LogP contribution in [-0.2, 0) is 21.4 Å². The SMILES string of the molecule is CC(C)(CCn1cnc2ccc(OC=O)cc21)NC[C@H](O)c1cccc(NS(=O)(=O)c2ccccc2)c1. The van der Waals surface area contributed by atoms with Crippen LogP contribution in [0.25, 0.3) is 11.0 Å². The van der Waals surface area contributed by atoms with Crippen LogP contribution in [0.4, 0.5) is 5.69 Å². The third kappa shape index (κ3) is 6.73. The molecule has 0 saturated heterocycles. The molecular weight excluding hydrogens is 492 g/mol. The molecule has 0 aliphatic carbocycles. The Morgan fingerprint density at radius 3 is 2.62 bits per heavy atom. The third-order valence-electron chi connectivity index (χ3n) is 6.11. The van der Waals surface area contributed by atoms with Crippen molar-refractivity contribution in [3.63, 3.8) is 0 Å². The molecule has 3 aromatic carbocycles. The van der Waals surface area contributed by atoms with Crippen LogP contribution in [0.5, 0.6) is 5.75 Å². The van der Waals surface area contributed by atoms with Crippen LogP contribution < -0.4 is 14.8 Å². The van der Waals surface area contributed by atoms with E-state index in [1.807, 2.05) is 18.4 Å². The molecule has 194 valence electrons. The smallest absolute Gasteiger partial charge is 0.298 e. The van der Waals surface area contributed by atoms with Gasteiger partial charge in [0.15, 0.2) is 0 Å². The molecule has 0 spiro atoms. The minimum Gasteiger partial charge on any atom is -0.429 e. The van der Waals surface area contributed by atoms with E-state index in [1.165, 1.54) is 12.1 Å². The molecule has 0 saturated carbocycles. The van der Waals surface area contributed by atoms with Crippen molar-refractivity contribution in [2.45, 2.75) is 43.4 Å². The molecule has 0 amide bonds. The summed E-state index contributed by atoms with van der Waals surface area (Å²) < 4.78 is 34.8. The molecule has 9 nitrogen and oxygen atoms in total. The highest BCUT2D eigenvalue weighted by Gasteiger charge is 2.20. The number of ether oxygens (including phenoxy) is 1. The number of aliphatic hydroxyl groups is 1. The largest absolute Gasteiger partial charge is 0.429 e. The van der Waals surface area contributed by atoms with Gasteiger partial charge in [0, 0.05) is 30.4 Å². The number of β-amino-alcohol motifs (C(OH)–C–C–N with tert-alkyl or cyclic N) is 1. The van der Waals surface area contributed by atoms with Crippen molar-refractivity contribution in [3.05, 3.63) is 84.7 Å². The van der Waals surface area contributed by atoms with Crippen molar-refractivity contribution in [2.24, 2.45) is 0 Å². The minimum atomic E-state index is -3.72. The average Bonchev–Trinajstić information content (AvgIpc) is 3.29. The molecule has 1 heterocycles. The lowest BCUT2D eigenvalue weighted by atomic mass is 9.99. The molecule has 37 heavy (non-hydrogen) atoms. The summed E-state index contributed by atoms with van der Waals surface area (Å²) in [5.41, 5.74) is 2.33. The molecule has 1 atom stereocenters. The second-order valence-corrected chi connectivity index (χ2v) is 11.1. The number of anilines is 1. The number of aromatic nitrogens is 2. The number of sulfonamides is 1. The Morgan fingerprint density at radius 1 is 1.08 bits per heavy atom. The molecule has 0 bridgehead atoms. The van der Waals surface area contributed by atoms with Crippen LogP contribution in [-0.4, -0.2) is 41.6 Å². The fraction of sp³-hybridized carbons (Fsp3) is 0.259. The van der Waals surface area contributed by atoms with Gasteiger partial charge in [-0.3, -0.25) is 9.52 Å². The molecule has 0 fully saturated rings. The summed E-state index contributed by atoms with van der Waals surface area (Å²) in [4.78, 5) is 15.2. The normalized spacial score (nSPS) is 12.8. The predicted molar refractivity (Wildman–Crippen MR) is 142 cm³/mol. The van der Waals surface area contributed by atoms with Crippen LogP contribution >= 0.6 is 0 Å². The van der Waals surface area contributed by atoms with Crippen molar-refractivity contribution >= 4 is 33.2 Å². The van der Waals surface area contributed by atoms with Crippen molar-refractivity contribution in [1.82, 2.24) is 14.9 Å². The Kier molecular flexibility index (Phi) is 7.91. The van der Waals surface area contributed by atoms with Crippen molar-refractivity contribution < 1.29 is 23.1 Å². The maximum atomic E-state index is 12.6. The fourth-order valence-electron chi connectivity index (χ4n) is 3.95. The van der Waals surface area contributed by atoms with Gasteiger partial charge in [-0.25, -0.2) is 13.4 Å². The van der Waals surface area contributed by atoms with E-state index in [9.17, 15) is 18.3 Å². The van der Waals surface area contributed by atoms with Crippen LogP contribution in [0.15, 0.2) is 84.0 Å². The van der Waals surface area contributed by atoms with Gasteiger partial charge in [0.25, 0.3) is 16.5 Å². The number of carbonyl (C=O) groups excluding carboxylic acids is 1. The Hall–Kier alpha value is -3.73. The van der Waals surface area contributed by atoms with Gasteiger partial charge in [-0.2, -0.15) is 0 Å². The lowest BCUT2D eigenvalue weighted by molar-refractivity contribution is -0.120. The van der Waals surface area contributed by atoms with E-state index >= 15 is 0 Å². The van der Waals surface area contributed by atoms with Gasteiger partial charge in [-0.15, -0.1) is 0 Å². The zero-order valence-electron chi connectivity index (χ0n) is 20.7. The van der Waals surface area contributed by atoms with Gasteiger partial charge in [-0.1, -0.05) is 30.3 Å². The first kappa shape index (κ1) is 26.3. The van der Waals surface area contributed by atoms with Gasteiger partial charge >= 0.3 is 0 Å². The van der Waals surface area contributed by atoms with Crippen LogP contribution in [0.1, 0.15) is 31.9 Å².